The number of imide groups is 1. The SMILES string of the molecule is Cc1ccc(C2C3C(=O)N(c4ccccc4)C(=O)C3ON2CC(N)=O)o1. The highest BCUT2D eigenvalue weighted by Gasteiger charge is 2.61. The molecule has 0 saturated carbocycles. The fraction of sp³-hybridized carbons (Fsp3) is 0.278. The summed E-state index contributed by atoms with van der Waals surface area (Å²) in [5.74, 6) is -1.19. The van der Waals surface area contributed by atoms with Crippen molar-refractivity contribution in [3.8, 4) is 0 Å². The zero-order valence-corrected chi connectivity index (χ0v) is 14.0. The third-order valence-electron chi connectivity index (χ3n) is 4.57. The molecule has 2 N–H and O–H groups in total. The molecule has 8 nitrogen and oxygen atoms in total. The molecule has 1 aromatic heterocycles. The van der Waals surface area contributed by atoms with Crippen LogP contribution in [0, 0.1) is 12.8 Å². The summed E-state index contributed by atoms with van der Waals surface area (Å²) in [6.07, 6.45) is -1.02. The number of benzene rings is 1. The van der Waals surface area contributed by atoms with Gasteiger partial charge in [0.1, 0.15) is 30.0 Å². The lowest BCUT2D eigenvalue weighted by molar-refractivity contribution is -0.177. The van der Waals surface area contributed by atoms with Gasteiger partial charge >= 0.3 is 0 Å². The number of primary amides is 1. The van der Waals surface area contributed by atoms with Gasteiger partial charge in [-0.25, -0.2) is 4.90 Å². The molecule has 0 bridgehead atoms. The highest BCUT2D eigenvalue weighted by molar-refractivity contribution is 6.23. The van der Waals surface area contributed by atoms with Crippen molar-refractivity contribution in [1.29, 1.82) is 0 Å². The van der Waals surface area contributed by atoms with Gasteiger partial charge in [0.25, 0.3) is 5.91 Å². The normalized spacial score (nSPS) is 25.7. The standard InChI is InChI=1S/C18H17N3O5/c1-10-7-8-12(25-10)15-14-16(26-20(15)9-13(19)22)18(24)21(17(14)23)11-5-3-2-4-6-11/h2-8,14-16H,9H2,1H3,(H2,19,22). The quantitative estimate of drug-likeness (QED) is 0.818. The molecule has 3 amide bonds. The van der Waals surface area contributed by atoms with Gasteiger partial charge in [-0.1, -0.05) is 18.2 Å². The Balaban J connectivity index is 1.73. The number of para-hydroxylation sites is 1. The van der Waals surface area contributed by atoms with Gasteiger partial charge in [0.15, 0.2) is 6.10 Å². The number of rotatable bonds is 4. The first kappa shape index (κ1) is 16.5. The molecular formula is C18H17N3O5. The second-order valence-electron chi connectivity index (χ2n) is 6.33. The van der Waals surface area contributed by atoms with E-state index in [-0.39, 0.29) is 6.54 Å². The molecule has 0 radical (unpaired) electrons. The Hall–Kier alpha value is -2.97. The van der Waals surface area contributed by atoms with E-state index in [4.69, 9.17) is 15.0 Å². The molecule has 3 unspecified atom stereocenters. The predicted molar refractivity (Wildman–Crippen MR) is 89.4 cm³/mol. The van der Waals surface area contributed by atoms with Crippen molar-refractivity contribution in [3.63, 3.8) is 0 Å². The first-order valence-corrected chi connectivity index (χ1v) is 8.18. The first-order valence-electron chi connectivity index (χ1n) is 8.18. The Kier molecular flexibility index (Phi) is 3.86. The molecule has 2 saturated heterocycles. The number of hydrogen-bond acceptors (Lipinski definition) is 6. The molecule has 2 aromatic rings. The van der Waals surface area contributed by atoms with Crippen LogP contribution in [0.15, 0.2) is 46.9 Å². The van der Waals surface area contributed by atoms with E-state index in [1.165, 1.54) is 5.06 Å². The molecule has 2 aliphatic heterocycles. The number of nitrogens with zero attached hydrogens (tertiary/aromatic N) is 2. The van der Waals surface area contributed by atoms with E-state index in [9.17, 15) is 14.4 Å². The summed E-state index contributed by atoms with van der Waals surface area (Å²) in [4.78, 5) is 44.1. The van der Waals surface area contributed by atoms with Crippen molar-refractivity contribution in [2.75, 3.05) is 11.4 Å². The zero-order valence-electron chi connectivity index (χ0n) is 14.0. The molecule has 1 aromatic carbocycles. The van der Waals surface area contributed by atoms with Crippen LogP contribution in [0.1, 0.15) is 17.6 Å². The summed E-state index contributed by atoms with van der Waals surface area (Å²) in [5, 5.41) is 1.27. The number of carbonyl (C=O) groups is 3. The Morgan fingerprint density at radius 3 is 2.46 bits per heavy atom. The van der Waals surface area contributed by atoms with E-state index in [1.807, 2.05) is 0 Å². The molecule has 0 aliphatic carbocycles. The monoisotopic (exact) mass is 355 g/mol. The number of amides is 3. The Labute approximate surface area is 149 Å². The average Bonchev–Trinajstić information content (AvgIpc) is 3.24. The predicted octanol–water partition coefficient (Wildman–Crippen LogP) is 0.920. The molecule has 26 heavy (non-hydrogen) atoms. The van der Waals surface area contributed by atoms with E-state index >= 15 is 0 Å². The minimum Gasteiger partial charge on any atom is -0.465 e. The maximum absolute atomic E-state index is 13.1. The number of hydrogen-bond donors (Lipinski definition) is 1. The van der Waals surface area contributed by atoms with Gasteiger partial charge in [-0.15, -0.1) is 0 Å². The maximum atomic E-state index is 13.1. The van der Waals surface area contributed by atoms with Crippen molar-refractivity contribution in [3.05, 3.63) is 54.0 Å². The van der Waals surface area contributed by atoms with E-state index in [1.54, 1.807) is 49.4 Å². The van der Waals surface area contributed by atoms with Crippen LogP contribution in [0.3, 0.4) is 0 Å². The Morgan fingerprint density at radius 1 is 1.12 bits per heavy atom. The van der Waals surface area contributed by atoms with E-state index in [0.717, 1.165) is 4.90 Å². The highest BCUT2D eigenvalue weighted by atomic mass is 16.7. The van der Waals surface area contributed by atoms with Gasteiger partial charge in [0.05, 0.1) is 5.69 Å². The topological polar surface area (TPSA) is 106 Å². The van der Waals surface area contributed by atoms with Crippen molar-refractivity contribution in [2.24, 2.45) is 11.7 Å². The minimum atomic E-state index is -1.02. The number of furan rings is 1. The van der Waals surface area contributed by atoms with Crippen LogP contribution < -0.4 is 10.6 Å². The van der Waals surface area contributed by atoms with Gasteiger partial charge in [-0.05, 0) is 31.2 Å². The Bertz CT molecular complexity index is 878. The summed E-state index contributed by atoms with van der Waals surface area (Å²) < 4.78 is 5.66. The summed E-state index contributed by atoms with van der Waals surface area (Å²) >= 11 is 0. The smallest absolute Gasteiger partial charge is 0.265 e. The van der Waals surface area contributed by atoms with Gasteiger partial charge in [-0.3, -0.25) is 19.2 Å². The summed E-state index contributed by atoms with van der Waals surface area (Å²) in [6, 6.07) is 11.4. The molecule has 2 aliphatic rings. The van der Waals surface area contributed by atoms with Crippen LogP contribution in [0.2, 0.25) is 0 Å². The van der Waals surface area contributed by atoms with Gasteiger partial charge in [0, 0.05) is 0 Å². The van der Waals surface area contributed by atoms with Gasteiger partial charge in [-0.2, -0.15) is 5.06 Å². The van der Waals surface area contributed by atoms with Crippen LogP contribution >= 0.6 is 0 Å². The molecular weight excluding hydrogens is 338 g/mol. The number of nitrogens with two attached hydrogens (primary N) is 1. The van der Waals surface area contributed by atoms with Gasteiger partial charge in [0.2, 0.25) is 11.8 Å². The van der Waals surface area contributed by atoms with Crippen LogP contribution in [0.25, 0.3) is 0 Å². The van der Waals surface area contributed by atoms with Crippen molar-refractivity contribution in [2.45, 2.75) is 19.1 Å². The van der Waals surface area contributed by atoms with E-state index in [2.05, 4.69) is 0 Å². The third-order valence-corrected chi connectivity index (χ3v) is 4.57. The van der Waals surface area contributed by atoms with Crippen molar-refractivity contribution >= 4 is 23.4 Å². The van der Waals surface area contributed by atoms with Crippen LogP contribution in [-0.2, 0) is 19.2 Å². The molecule has 3 atom stereocenters. The second kappa shape index (κ2) is 6.08. The van der Waals surface area contributed by atoms with Crippen LogP contribution in [-0.4, -0.2) is 35.4 Å². The lowest BCUT2D eigenvalue weighted by Crippen LogP contribution is -2.40. The van der Waals surface area contributed by atoms with E-state index < -0.39 is 35.8 Å². The number of fused-ring (bicyclic) bond motifs is 1. The molecule has 8 heteroatoms. The molecule has 3 heterocycles. The number of hydroxylamine groups is 2. The number of aryl methyl sites for hydroxylation is 1. The largest absolute Gasteiger partial charge is 0.465 e. The molecule has 2 fully saturated rings. The summed E-state index contributed by atoms with van der Waals surface area (Å²) in [6.45, 7) is 1.52. The molecule has 4 rings (SSSR count). The average molecular weight is 355 g/mol. The van der Waals surface area contributed by atoms with Gasteiger partial charge < -0.3 is 10.2 Å². The molecule has 134 valence electrons. The number of anilines is 1. The first-order chi connectivity index (χ1) is 12.5. The lowest BCUT2D eigenvalue weighted by Gasteiger charge is -2.24. The van der Waals surface area contributed by atoms with Crippen LogP contribution in [0.5, 0.6) is 0 Å². The fourth-order valence-electron chi connectivity index (χ4n) is 3.52. The summed E-state index contributed by atoms with van der Waals surface area (Å²) in [5.41, 5.74) is 5.77. The van der Waals surface area contributed by atoms with Crippen molar-refractivity contribution in [1.82, 2.24) is 5.06 Å². The lowest BCUT2D eigenvalue weighted by atomic mass is 9.95. The zero-order chi connectivity index (χ0) is 18.4. The summed E-state index contributed by atoms with van der Waals surface area (Å²) in [7, 11) is 0. The second-order valence-corrected chi connectivity index (χ2v) is 6.33. The highest BCUT2D eigenvalue weighted by Crippen LogP contribution is 2.45. The fourth-order valence-corrected chi connectivity index (χ4v) is 3.52. The molecule has 0 spiro atoms. The third kappa shape index (κ3) is 2.51. The minimum absolute atomic E-state index is 0.247. The number of carbonyl (C=O) groups excluding carboxylic acids is 3. The maximum Gasteiger partial charge on any atom is 0.265 e. The van der Waals surface area contributed by atoms with Crippen LogP contribution in [0.4, 0.5) is 5.69 Å². The Morgan fingerprint density at radius 2 is 1.85 bits per heavy atom. The van der Waals surface area contributed by atoms with Crippen molar-refractivity contribution < 1.29 is 23.6 Å². The van der Waals surface area contributed by atoms with E-state index in [0.29, 0.717) is 17.2 Å².